The Balaban J connectivity index is 1.85. The lowest BCUT2D eigenvalue weighted by molar-refractivity contribution is -0.0766. The predicted octanol–water partition coefficient (Wildman–Crippen LogP) is 5.88. The number of nitrogens with zero attached hydrogens (tertiary/aromatic N) is 2. The van der Waals surface area contributed by atoms with Crippen LogP contribution in [0.2, 0.25) is 15.1 Å². The Labute approximate surface area is 187 Å². The molecule has 1 aliphatic rings. The molecule has 1 amide bonds. The molecule has 30 heavy (non-hydrogen) atoms. The summed E-state index contributed by atoms with van der Waals surface area (Å²) in [7, 11) is 0. The summed E-state index contributed by atoms with van der Waals surface area (Å²) < 4.78 is 14.2. The molecule has 8 heteroatoms. The molecular weight excluding hydrogens is 450 g/mol. The van der Waals surface area contributed by atoms with E-state index in [1.54, 1.807) is 54.6 Å². The Morgan fingerprint density at radius 2 is 1.67 bits per heavy atom. The van der Waals surface area contributed by atoms with Crippen LogP contribution >= 0.6 is 34.8 Å². The Hall–Kier alpha value is -2.44. The quantitative estimate of drug-likeness (QED) is 0.493. The number of hydrazone groups is 1. The fourth-order valence-corrected chi connectivity index (χ4v) is 3.96. The molecule has 1 N–H and O–H groups in total. The van der Waals surface area contributed by atoms with E-state index >= 15 is 0 Å². The standard InChI is InChI=1S/C22H14Cl3FN2O2/c23-15-8-6-13(7-9-15)20-12-22(30,16-10-19(26)18(25)11-17(16)24)28(27-20)21(29)14-4-2-1-3-5-14/h1-11,30H,12H2. The van der Waals surface area contributed by atoms with Crippen LogP contribution in [0.5, 0.6) is 0 Å². The van der Waals surface area contributed by atoms with Crippen molar-refractivity contribution in [2.45, 2.75) is 12.1 Å². The maximum Gasteiger partial charge on any atom is 0.276 e. The van der Waals surface area contributed by atoms with Gasteiger partial charge in [-0.25, -0.2) is 4.39 Å². The van der Waals surface area contributed by atoms with Crippen LogP contribution in [0.4, 0.5) is 4.39 Å². The highest BCUT2D eigenvalue weighted by molar-refractivity contribution is 6.35. The third-order valence-electron chi connectivity index (χ3n) is 4.82. The molecule has 0 saturated carbocycles. The van der Waals surface area contributed by atoms with Crippen LogP contribution in [0.3, 0.4) is 0 Å². The number of carbonyl (C=O) groups is 1. The summed E-state index contributed by atoms with van der Waals surface area (Å²) in [5.74, 6) is -1.33. The molecule has 0 aromatic heterocycles. The second-order valence-corrected chi connectivity index (χ2v) is 8.03. The van der Waals surface area contributed by atoms with E-state index < -0.39 is 17.4 Å². The van der Waals surface area contributed by atoms with E-state index in [4.69, 9.17) is 34.8 Å². The second-order valence-electron chi connectivity index (χ2n) is 6.78. The molecule has 4 rings (SSSR count). The molecule has 0 saturated heterocycles. The molecule has 1 aliphatic heterocycles. The first-order valence-corrected chi connectivity index (χ1v) is 10.0. The summed E-state index contributed by atoms with van der Waals surface area (Å²) in [6.45, 7) is 0. The average molecular weight is 464 g/mol. The van der Waals surface area contributed by atoms with Crippen molar-refractivity contribution < 1.29 is 14.3 Å². The van der Waals surface area contributed by atoms with Crippen molar-refractivity contribution in [2.75, 3.05) is 0 Å². The van der Waals surface area contributed by atoms with Crippen LogP contribution in [-0.4, -0.2) is 21.7 Å². The highest BCUT2D eigenvalue weighted by Crippen LogP contribution is 2.42. The lowest BCUT2D eigenvalue weighted by Gasteiger charge is -2.32. The van der Waals surface area contributed by atoms with Gasteiger partial charge in [0.15, 0.2) is 5.72 Å². The van der Waals surface area contributed by atoms with Crippen LogP contribution in [0, 0.1) is 5.82 Å². The summed E-state index contributed by atoms with van der Waals surface area (Å²) in [5.41, 5.74) is -0.632. The molecule has 1 unspecified atom stereocenters. The van der Waals surface area contributed by atoms with E-state index in [2.05, 4.69) is 5.10 Å². The zero-order valence-corrected chi connectivity index (χ0v) is 17.6. The summed E-state index contributed by atoms with van der Waals surface area (Å²) in [4.78, 5) is 13.2. The van der Waals surface area contributed by atoms with E-state index in [0.29, 0.717) is 21.9 Å². The molecule has 3 aromatic carbocycles. The first-order chi connectivity index (χ1) is 14.3. The smallest absolute Gasteiger partial charge is 0.276 e. The first-order valence-electron chi connectivity index (χ1n) is 8.90. The van der Waals surface area contributed by atoms with Gasteiger partial charge >= 0.3 is 0 Å². The minimum absolute atomic E-state index is 0.0111. The fourth-order valence-electron chi connectivity index (χ4n) is 3.30. The number of rotatable bonds is 3. The van der Waals surface area contributed by atoms with Crippen LogP contribution in [0.15, 0.2) is 71.8 Å². The van der Waals surface area contributed by atoms with Gasteiger partial charge in [-0.05, 0) is 42.0 Å². The Morgan fingerprint density at radius 1 is 1.00 bits per heavy atom. The average Bonchev–Trinajstić information content (AvgIpc) is 3.09. The molecule has 0 aliphatic carbocycles. The monoisotopic (exact) mass is 462 g/mol. The van der Waals surface area contributed by atoms with Crippen molar-refractivity contribution in [3.8, 4) is 0 Å². The number of aliphatic hydroxyl groups is 1. The van der Waals surface area contributed by atoms with Gasteiger partial charge in [0, 0.05) is 22.6 Å². The minimum atomic E-state index is -2.01. The van der Waals surface area contributed by atoms with Gasteiger partial charge < -0.3 is 5.11 Å². The fraction of sp³-hybridized carbons (Fsp3) is 0.0909. The maximum absolute atomic E-state index is 14.2. The van der Waals surface area contributed by atoms with Crippen LogP contribution in [0.1, 0.15) is 27.9 Å². The van der Waals surface area contributed by atoms with E-state index in [0.717, 1.165) is 11.1 Å². The molecule has 1 heterocycles. The summed E-state index contributed by atoms with van der Waals surface area (Å²) in [6.07, 6.45) is -0.103. The van der Waals surface area contributed by atoms with E-state index in [9.17, 15) is 14.3 Å². The number of benzene rings is 3. The van der Waals surface area contributed by atoms with Crippen molar-refractivity contribution in [1.29, 1.82) is 0 Å². The Morgan fingerprint density at radius 3 is 2.33 bits per heavy atom. The van der Waals surface area contributed by atoms with Crippen molar-refractivity contribution >= 4 is 46.4 Å². The lowest BCUT2D eigenvalue weighted by atomic mass is 9.94. The molecule has 0 bridgehead atoms. The summed E-state index contributed by atoms with van der Waals surface area (Å²) in [6, 6.07) is 17.4. The highest BCUT2D eigenvalue weighted by Gasteiger charge is 2.48. The van der Waals surface area contributed by atoms with Crippen molar-refractivity contribution in [2.24, 2.45) is 5.10 Å². The highest BCUT2D eigenvalue weighted by atomic mass is 35.5. The van der Waals surface area contributed by atoms with Crippen molar-refractivity contribution in [1.82, 2.24) is 5.01 Å². The molecule has 0 spiro atoms. The largest absolute Gasteiger partial charge is 0.365 e. The number of hydrogen-bond acceptors (Lipinski definition) is 3. The number of amides is 1. The molecule has 4 nitrogen and oxygen atoms in total. The summed E-state index contributed by atoms with van der Waals surface area (Å²) in [5, 5.41) is 17.3. The Bertz CT molecular complexity index is 1150. The second kappa shape index (κ2) is 8.00. The minimum Gasteiger partial charge on any atom is -0.365 e. The van der Waals surface area contributed by atoms with E-state index in [1.165, 1.54) is 6.07 Å². The van der Waals surface area contributed by atoms with Crippen LogP contribution in [0.25, 0.3) is 0 Å². The van der Waals surface area contributed by atoms with E-state index in [-0.39, 0.29) is 22.0 Å². The third-order valence-corrected chi connectivity index (χ3v) is 5.67. The van der Waals surface area contributed by atoms with Crippen LogP contribution in [-0.2, 0) is 5.72 Å². The SMILES string of the molecule is O=C(c1ccccc1)N1N=C(c2ccc(Cl)cc2)CC1(O)c1cc(F)c(Cl)cc1Cl. The van der Waals surface area contributed by atoms with Gasteiger partial charge in [0.1, 0.15) is 5.82 Å². The van der Waals surface area contributed by atoms with Gasteiger partial charge in [-0.2, -0.15) is 10.1 Å². The molecule has 0 radical (unpaired) electrons. The number of halogens is 4. The zero-order valence-electron chi connectivity index (χ0n) is 15.3. The van der Waals surface area contributed by atoms with Gasteiger partial charge in [0.25, 0.3) is 5.91 Å². The molecule has 1 atom stereocenters. The van der Waals surface area contributed by atoms with Gasteiger partial charge in [-0.3, -0.25) is 4.79 Å². The first kappa shape index (κ1) is 20.8. The molecule has 0 fully saturated rings. The normalized spacial score (nSPS) is 18.4. The maximum atomic E-state index is 14.2. The zero-order chi connectivity index (χ0) is 21.5. The topological polar surface area (TPSA) is 52.9 Å². The van der Waals surface area contributed by atoms with Crippen LogP contribution < -0.4 is 0 Å². The van der Waals surface area contributed by atoms with E-state index in [1.807, 2.05) is 0 Å². The summed E-state index contributed by atoms with van der Waals surface area (Å²) >= 11 is 18.1. The predicted molar refractivity (Wildman–Crippen MR) is 116 cm³/mol. The van der Waals surface area contributed by atoms with Gasteiger partial charge in [0.2, 0.25) is 0 Å². The Kier molecular flexibility index (Phi) is 5.55. The van der Waals surface area contributed by atoms with Crippen molar-refractivity contribution in [3.05, 3.63) is 104 Å². The van der Waals surface area contributed by atoms with Crippen molar-refractivity contribution in [3.63, 3.8) is 0 Å². The third kappa shape index (κ3) is 3.70. The number of carbonyl (C=O) groups excluding carboxylic acids is 1. The van der Waals surface area contributed by atoms with Gasteiger partial charge in [-0.1, -0.05) is 65.1 Å². The lowest BCUT2D eigenvalue weighted by Crippen LogP contribution is -2.43. The molecule has 152 valence electrons. The molecule has 3 aromatic rings. The van der Waals surface area contributed by atoms with Gasteiger partial charge in [0.05, 0.1) is 15.8 Å². The number of hydrogen-bond donors (Lipinski definition) is 1. The van der Waals surface area contributed by atoms with Gasteiger partial charge in [-0.15, -0.1) is 0 Å². The molecular formula is C22H14Cl3FN2O2.